The van der Waals surface area contributed by atoms with Crippen LogP contribution in [0.5, 0.6) is 5.75 Å². The average molecular weight is 353 g/mol. The molecule has 7 heteroatoms. The maximum atomic E-state index is 12.7. The van der Waals surface area contributed by atoms with Gasteiger partial charge in [-0.2, -0.15) is 0 Å². The van der Waals surface area contributed by atoms with Gasteiger partial charge < -0.3 is 14.6 Å². The molecule has 1 aromatic carbocycles. The van der Waals surface area contributed by atoms with Crippen molar-refractivity contribution in [2.24, 2.45) is 0 Å². The Morgan fingerprint density at radius 1 is 1.23 bits per heavy atom. The van der Waals surface area contributed by atoms with Gasteiger partial charge in [-0.15, -0.1) is 0 Å². The van der Waals surface area contributed by atoms with Crippen LogP contribution in [0.2, 0.25) is 0 Å². The van der Waals surface area contributed by atoms with E-state index in [1.807, 2.05) is 12.1 Å². The Hall–Kier alpha value is -3.09. The van der Waals surface area contributed by atoms with Crippen LogP contribution in [0.3, 0.4) is 0 Å². The van der Waals surface area contributed by atoms with Gasteiger partial charge in [-0.3, -0.25) is 14.9 Å². The smallest absolute Gasteiger partial charge is 0.322 e. The molecule has 0 radical (unpaired) electrons. The van der Waals surface area contributed by atoms with E-state index >= 15 is 0 Å². The van der Waals surface area contributed by atoms with Gasteiger partial charge in [-0.05, 0) is 49.1 Å². The monoisotopic (exact) mass is 353 g/mol. The van der Waals surface area contributed by atoms with Gasteiger partial charge in [0.05, 0.1) is 13.2 Å². The first-order valence-corrected chi connectivity index (χ1v) is 8.55. The van der Waals surface area contributed by atoms with Gasteiger partial charge in [0, 0.05) is 11.8 Å². The Bertz CT molecular complexity index is 965. The zero-order chi connectivity index (χ0) is 18.3. The predicted octanol–water partition coefficient (Wildman–Crippen LogP) is 1.22. The van der Waals surface area contributed by atoms with Crippen molar-refractivity contribution in [3.8, 4) is 5.75 Å². The number of pyridine rings is 1. The third-order valence-electron chi connectivity index (χ3n) is 4.96. The van der Waals surface area contributed by atoms with Crippen LogP contribution < -0.4 is 20.9 Å². The van der Waals surface area contributed by atoms with Crippen molar-refractivity contribution in [1.29, 1.82) is 0 Å². The highest BCUT2D eigenvalue weighted by molar-refractivity contribution is 6.07. The van der Waals surface area contributed by atoms with E-state index in [4.69, 9.17) is 4.74 Å². The average Bonchev–Trinajstić information content (AvgIpc) is 2.93. The number of aromatic nitrogens is 1. The molecule has 3 heterocycles. The SMILES string of the molecule is Cc1cccn(CC2(c3ccc4c(c3)CCCO4)NC(=O)NC2=O)c1=O. The molecule has 7 nitrogen and oxygen atoms in total. The lowest BCUT2D eigenvalue weighted by molar-refractivity contribution is -0.124. The van der Waals surface area contributed by atoms with Gasteiger partial charge in [-0.1, -0.05) is 12.1 Å². The number of urea groups is 1. The summed E-state index contributed by atoms with van der Waals surface area (Å²) < 4.78 is 7.09. The highest BCUT2D eigenvalue weighted by atomic mass is 16.5. The van der Waals surface area contributed by atoms with Crippen LogP contribution in [-0.4, -0.2) is 23.1 Å². The lowest BCUT2D eigenvalue weighted by Crippen LogP contribution is -2.49. The van der Waals surface area contributed by atoms with Crippen LogP contribution in [0.15, 0.2) is 41.3 Å². The first kappa shape index (κ1) is 16.4. The number of amides is 3. The summed E-state index contributed by atoms with van der Waals surface area (Å²) in [5.74, 6) is 0.334. The molecule has 1 aromatic heterocycles. The van der Waals surface area contributed by atoms with Crippen molar-refractivity contribution < 1.29 is 14.3 Å². The second-order valence-electron chi connectivity index (χ2n) is 6.71. The van der Waals surface area contributed by atoms with Gasteiger partial charge in [0.2, 0.25) is 0 Å². The highest BCUT2D eigenvalue weighted by Gasteiger charge is 2.48. The summed E-state index contributed by atoms with van der Waals surface area (Å²) in [5.41, 5.74) is 0.687. The van der Waals surface area contributed by atoms with Crippen LogP contribution in [0.25, 0.3) is 0 Å². The van der Waals surface area contributed by atoms with Crippen LogP contribution in [0.4, 0.5) is 4.79 Å². The molecule has 26 heavy (non-hydrogen) atoms. The molecule has 2 aliphatic rings. The second kappa shape index (κ2) is 6.01. The molecular formula is C19H19N3O4. The predicted molar refractivity (Wildman–Crippen MR) is 94.0 cm³/mol. The largest absolute Gasteiger partial charge is 0.493 e. The second-order valence-corrected chi connectivity index (χ2v) is 6.71. The van der Waals surface area contributed by atoms with Crippen LogP contribution in [0, 0.1) is 6.92 Å². The lowest BCUT2D eigenvalue weighted by Gasteiger charge is -2.29. The molecule has 0 spiro atoms. The van der Waals surface area contributed by atoms with E-state index in [0.29, 0.717) is 17.7 Å². The molecule has 1 unspecified atom stereocenters. The van der Waals surface area contributed by atoms with Gasteiger partial charge >= 0.3 is 6.03 Å². The van der Waals surface area contributed by atoms with E-state index in [2.05, 4.69) is 10.6 Å². The van der Waals surface area contributed by atoms with Crippen molar-refractivity contribution >= 4 is 11.9 Å². The quantitative estimate of drug-likeness (QED) is 0.812. The van der Waals surface area contributed by atoms with Gasteiger partial charge in [0.15, 0.2) is 5.54 Å². The number of imide groups is 1. The van der Waals surface area contributed by atoms with Crippen LogP contribution in [0.1, 0.15) is 23.1 Å². The zero-order valence-electron chi connectivity index (χ0n) is 14.4. The summed E-state index contributed by atoms with van der Waals surface area (Å²) in [6, 6.07) is 8.39. The minimum absolute atomic E-state index is 0.0186. The molecular weight excluding hydrogens is 334 g/mol. The molecule has 1 fully saturated rings. The number of nitrogens with zero attached hydrogens (tertiary/aromatic N) is 1. The number of hydrogen-bond acceptors (Lipinski definition) is 4. The molecule has 0 aliphatic carbocycles. The summed E-state index contributed by atoms with van der Waals surface area (Å²) in [5, 5.41) is 5.04. The lowest BCUT2D eigenvalue weighted by atomic mass is 9.87. The van der Waals surface area contributed by atoms with Crippen LogP contribution in [-0.2, 0) is 23.3 Å². The number of nitrogens with one attached hydrogen (secondary N) is 2. The number of carbonyl (C=O) groups is 2. The molecule has 2 N–H and O–H groups in total. The fourth-order valence-corrected chi connectivity index (χ4v) is 3.56. The number of rotatable bonds is 3. The van der Waals surface area contributed by atoms with E-state index in [1.165, 1.54) is 4.57 Å². The number of benzene rings is 1. The van der Waals surface area contributed by atoms with E-state index in [1.54, 1.807) is 31.3 Å². The number of hydrogen-bond donors (Lipinski definition) is 2. The molecule has 134 valence electrons. The molecule has 2 aliphatic heterocycles. The van der Waals surface area contributed by atoms with Gasteiger partial charge in [0.25, 0.3) is 11.5 Å². The summed E-state index contributed by atoms with van der Waals surface area (Å²) in [4.78, 5) is 37.1. The Morgan fingerprint density at radius 3 is 2.85 bits per heavy atom. The van der Waals surface area contributed by atoms with Crippen molar-refractivity contribution in [2.75, 3.05) is 6.61 Å². The summed E-state index contributed by atoms with van der Waals surface area (Å²) in [6.07, 6.45) is 3.37. The Labute approximate surface area is 150 Å². The summed E-state index contributed by atoms with van der Waals surface area (Å²) >= 11 is 0. The topological polar surface area (TPSA) is 89.4 Å². The zero-order valence-corrected chi connectivity index (χ0v) is 14.4. The standard InChI is InChI=1S/C19H19N3O4/c1-12-4-2-8-22(16(12)23)11-19(17(24)20-18(25)21-19)14-6-7-15-13(10-14)5-3-9-26-15/h2,4,6-8,10H,3,5,9,11H2,1H3,(H2,20,21,24,25). The summed E-state index contributed by atoms with van der Waals surface area (Å²) in [7, 11) is 0. The minimum Gasteiger partial charge on any atom is -0.493 e. The number of aryl methyl sites for hydroxylation is 2. The van der Waals surface area contributed by atoms with E-state index in [-0.39, 0.29) is 12.1 Å². The Balaban J connectivity index is 1.83. The first-order chi connectivity index (χ1) is 12.5. The first-order valence-electron chi connectivity index (χ1n) is 8.55. The van der Waals surface area contributed by atoms with Gasteiger partial charge in [-0.25, -0.2) is 4.79 Å². The van der Waals surface area contributed by atoms with Crippen molar-refractivity contribution in [3.63, 3.8) is 0 Å². The number of fused-ring (bicyclic) bond motifs is 1. The normalized spacial score (nSPS) is 21.6. The molecule has 0 bridgehead atoms. The Morgan fingerprint density at radius 2 is 2.08 bits per heavy atom. The maximum absolute atomic E-state index is 12.7. The Kier molecular flexibility index (Phi) is 3.79. The van der Waals surface area contributed by atoms with Crippen LogP contribution >= 0.6 is 0 Å². The third kappa shape index (κ3) is 2.56. The third-order valence-corrected chi connectivity index (χ3v) is 4.96. The highest BCUT2D eigenvalue weighted by Crippen LogP contribution is 2.33. The van der Waals surface area contributed by atoms with E-state index in [0.717, 1.165) is 24.2 Å². The maximum Gasteiger partial charge on any atom is 0.322 e. The fraction of sp³-hybridized carbons (Fsp3) is 0.316. The molecule has 2 aromatic rings. The van der Waals surface area contributed by atoms with E-state index < -0.39 is 17.5 Å². The molecule has 1 atom stereocenters. The molecule has 3 amide bonds. The molecule has 1 saturated heterocycles. The van der Waals surface area contributed by atoms with Gasteiger partial charge in [0.1, 0.15) is 5.75 Å². The number of ether oxygens (including phenoxy) is 1. The molecule has 4 rings (SSSR count). The fourth-order valence-electron chi connectivity index (χ4n) is 3.56. The van der Waals surface area contributed by atoms with Crippen molar-refractivity contribution in [2.45, 2.75) is 31.8 Å². The van der Waals surface area contributed by atoms with Crippen molar-refractivity contribution in [3.05, 3.63) is 63.6 Å². The minimum atomic E-state index is -1.33. The molecule has 0 saturated carbocycles. The van der Waals surface area contributed by atoms with E-state index in [9.17, 15) is 14.4 Å². The van der Waals surface area contributed by atoms with Crippen molar-refractivity contribution in [1.82, 2.24) is 15.2 Å². The summed E-state index contributed by atoms with van der Waals surface area (Å²) in [6.45, 7) is 2.41. The number of carbonyl (C=O) groups excluding carboxylic acids is 2.